The minimum absolute atomic E-state index is 0.0749. The monoisotopic (exact) mass is 279 g/mol. The van der Waals surface area contributed by atoms with Crippen LogP contribution in [-0.2, 0) is 0 Å². The molecule has 7 nitrogen and oxygen atoms in total. The molecule has 1 heterocycles. The number of aliphatic hydroxyl groups excluding tert-OH is 1. The maximum atomic E-state index is 11.8. The third kappa shape index (κ3) is 2.57. The molecule has 1 aliphatic rings. The molecule has 0 aromatic heterocycles. The Morgan fingerprint density at radius 3 is 2.65 bits per heavy atom. The minimum atomic E-state index is -0.478. The second-order valence-electron chi connectivity index (χ2n) is 5.11. The third-order valence-electron chi connectivity index (χ3n) is 3.38. The molecule has 20 heavy (non-hydrogen) atoms. The van der Waals surface area contributed by atoms with E-state index in [1.54, 1.807) is 26.2 Å². The van der Waals surface area contributed by atoms with E-state index in [1.165, 1.54) is 11.0 Å². The lowest BCUT2D eigenvalue weighted by atomic mass is 9.99. The van der Waals surface area contributed by atoms with Crippen molar-refractivity contribution in [2.75, 3.05) is 38.7 Å². The van der Waals surface area contributed by atoms with Crippen molar-refractivity contribution in [3.05, 3.63) is 33.9 Å². The molecule has 0 aliphatic carbocycles. The van der Waals surface area contributed by atoms with Gasteiger partial charge in [-0.05, 0) is 12.1 Å². The van der Waals surface area contributed by atoms with Crippen LogP contribution in [0.4, 0.5) is 11.4 Å². The summed E-state index contributed by atoms with van der Waals surface area (Å²) < 4.78 is 0. The summed E-state index contributed by atoms with van der Waals surface area (Å²) in [5.41, 5.74) is 0.716. The molecule has 7 heteroatoms. The number of amides is 1. The van der Waals surface area contributed by atoms with Crippen LogP contribution in [0.2, 0.25) is 0 Å². The summed E-state index contributed by atoms with van der Waals surface area (Å²) in [7, 11) is 3.20. The van der Waals surface area contributed by atoms with Crippen LogP contribution >= 0.6 is 0 Å². The SMILES string of the molecule is CN(C)C(=O)c1ccc(N2CC(CO)C2)c([N+](=O)[O-])c1. The second kappa shape index (κ2) is 5.46. The molecule has 0 spiro atoms. The highest BCUT2D eigenvalue weighted by atomic mass is 16.6. The van der Waals surface area contributed by atoms with Crippen molar-refractivity contribution in [2.24, 2.45) is 5.92 Å². The van der Waals surface area contributed by atoms with E-state index in [9.17, 15) is 14.9 Å². The number of nitro benzene ring substituents is 1. The number of hydrogen-bond donors (Lipinski definition) is 1. The molecule has 0 bridgehead atoms. The fourth-order valence-corrected chi connectivity index (χ4v) is 2.21. The van der Waals surface area contributed by atoms with E-state index in [0.717, 1.165) is 0 Å². The highest BCUT2D eigenvalue weighted by molar-refractivity contribution is 5.95. The molecule has 2 rings (SSSR count). The number of hydrogen-bond acceptors (Lipinski definition) is 5. The second-order valence-corrected chi connectivity index (χ2v) is 5.11. The summed E-state index contributed by atoms with van der Waals surface area (Å²) in [5.74, 6) is -0.103. The zero-order valence-electron chi connectivity index (χ0n) is 11.4. The quantitative estimate of drug-likeness (QED) is 0.648. The molecule has 0 atom stereocenters. The van der Waals surface area contributed by atoms with Gasteiger partial charge in [0, 0.05) is 51.3 Å². The number of nitrogens with zero attached hydrogens (tertiary/aromatic N) is 3. The van der Waals surface area contributed by atoms with Gasteiger partial charge >= 0.3 is 0 Å². The van der Waals surface area contributed by atoms with Gasteiger partial charge < -0.3 is 14.9 Å². The third-order valence-corrected chi connectivity index (χ3v) is 3.38. The molecular formula is C13H17N3O4. The van der Waals surface area contributed by atoms with E-state index in [0.29, 0.717) is 24.3 Å². The number of nitro groups is 1. The largest absolute Gasteiger partial charge is 0.396 e. The zero-order chi connectivity index (χ0) is 14.9. The van der Waals surface area contributed by atoms with E-state index in [1.807, 2.05) is 4.90 Å². The predicted molar refractivity (Wildman–Crippen MR) is 73.9 cm³/mol. The summed E-state index contributed by atoms with van der Waals surface area (Å²) in [5, 5.41) is 20.2. The van der Waals surface area contributed by atoms with Crippen LogP contribution in [0.15, 0.2) is 18.2 Å². The topological polar surface area (TPSA) is 86.9 Å². The molecule has 1 aromatic rings. The predicted octanol–water partition coefficient (Wildman–Crippen LogP) is 0.725. The molecule has 0 saturated carbocycles. The van der Waals surface area contributed by atoms with Crippen LogP contribution in [0.5, 0.6) is 0 Å². The van der Waals surface area contributed by atoms with Gasteiger partial charge in [0.2, 0.25) is 0 Å². The number of benzene rings is 1. The van der Waals surface area contributed by atoms with Crippen LogP contribution in [-0.4, -0.2) is 54.6 Å². The first-order valence-electron chi connectivity index (χ1n) is 6.30. The van der Waals surface area contributed by atoms with Crippen LogP contribution in [0, 0.1) is 16.0 Å². The van der Waals surface area contributed by atoms with Gasteiger partial charge in [-0.25, -0.2) is 0 Å². The summed E-state index contributed by atoms with van der Waals surface area (Å²) in [6.07, 6.45) is 0. The van der Waals surface area contributed by atoms with Crippen LogP contribution in [0.25, 0.3) is 0 Å². The van der Waals surface area contributed by atoms with Crippen LogP contribution < -0.4 is 4.90 Å². The van der Waals surface area contributed by atoms with Gasteiger partial charge in [0.05, 0.1) is 4.92 Å². The van der Waals surface area contributed by atoms with Gasteiger partial charge in [-0.1, -0.05) is 0 Å². The summed E-state index contributed by atoms with van der Waals surface area (Å²) in [6.45, 7) is 1.28. The fourth-order valence-electron chi connectivity index (χ4n) is 2.21. The molecule has 1 amide bonds. The van der Waals surface area contributed by atoms with E-state index in [2.05, 4.69) is 0 Å². The highest BCUT2D eigenvalue weighted by Gasteiger charge is 2.31. The van der Waals surface area contributed by atoms with Crippen molar-refractivity contribution in [1.82, 2.24) is 4.90 Å². The van der Waals surface area contributed by atoms with Crippen molar-refractivity contribution >= 4 is 17.3 Å². The summed E-state index contributed by atoms with van der Waals surface area (Å²) in [4.78, 5) is 25.7. The normalized spacial score (nSPS) is 14.8. The first-order valence-corrected chi connectivity index (χ1v) is 6.30. The summed E-state index contributed by atoms with van der Waals surface area (Å²) >= 11 is 0. The maximum absolute atomic E-state index is 11.8. The maximum Gasteiger partial charge on any atom is 0.293 e. The van der Waals surface area contributed by atoms with E-state index < -0.39 is 4.92 Å². The van der Waals surface area contributed by atoms with Gasteiger partial charge in [-0.15, -0.1) is 0 Å². The van der Waals surface area contributed by atoms with Crippen molar-refractivity contribution in [3.8, 4) is 0 Å². The summed E-state index contributed by atoms with van der Waals surface area (Å²) in [6, 6.07) is 4.50. The Bertz CT molecular complexity index is 538. The molecular weight excluding hydrogens is 262 g/mol. The number of carbonyl (C=O) groups is 1. The van der Waals surface area contributed by atoms with Gasteiger partial charge in [0.15, 0.2) is 0 Å². The van der Waals surface area contributed by atoms with Gasteiger partial charge in [-0.3, -0.25) is 14.9 Å². The van der Waals surface area contributed by atoms with Gasteiger partial charge in [0.1, 0.15) is 5.69 Å². The standard InChI is InChI=1S/C13H17N3O4/c1-14(2)13(18)10-3-4-11(12(5-10)16(19)20)15-6-9(7-15)8-17/h3-5,9,17H,6-8H2,1-2H3. The zero-order valence-corrected chi connectivity index (χ0v) is 11.4. The first kappa shape index (κ1) is 14.3. The fraction of sp³-hybridized carbons (Fsp3) is 0.462. The smallest absolute Gasteiger partial charge is 0.293 e. The number of rotatable bonds is 4. The van der Waals surface area contributed by atoms with Gasteiger partial charge in [0.25, 0.3) is 11.6 Å². The van der Waals surface area contributed by atoms with Crippen LogP contribution in [0.1, 0.15) is 10.4 Å². The molecule has 1 aromatic carbocycles. The van der Waals surface area contributed by atoms with Crippen molar-refractivity contribution in [2.45, 2.75) is 0 Å². The Morgan fingerprint density at radius 2 is 2.15 bits per heavy atom. The molecule has 1 fully saturated rings. The van der Waals surface area contributed by atoms with Crippen molar-refractivity contribution in [1.29, 1.82) is 0 Å². The average Bonchev–Trinajstić information content (AvgIpc) is 2.36. The molecule has 0 unspecified atom stereocenters. The lowest BCUT2D eigenvalue weighted by Crippen LogP contribution is -2.48. The number of carbonyl (C=O) groups excluding carboxylic acids is 1. The van der Waals surface area contributed by atoms with E-state index in [-0.39, 0.29) is 24.1 Å². The van der Waals surface area contributed by atoms with Gasteiger partial charge in [-0.2, -0.15) is 0 Å². The lowest BCUT2D eigenvalue weighted by molar-refractivity contribution is -0.384. The molecule has 1 N–H and O–H groups in total. The molecule has 108 valence electrons. The Hall–Kier alpha value is -2.15. The number of anilines is 1. The number of aliphatic hydroxyl groups is 1. The lowest BCUT2D eigenvalue weighted by Gasteiger charge is -2.39. The van der Waals surface area contributed by atoms with Crippen molar-refractivity contribution in [3.63, 3.8) is 0 Å². The van der Waals surface area contributed by atoms with E-state index >= 15 is 0 Å². The average molecular weight is 279 g/mol. The Balaban J connectivity index is 2.30. The van der Waals surface area contributed by atoms with Crippen molar-refractivity contribution < 1.29 is 14.8 Å². The first-order chi connectivity index (χ1) is 9.43. The molecule has 1 aliphatic heterocycles. The Labute approximate surface area is 116 Å². The van der Waals surface area contributed by atoms with Crippen LogP contribution in [0.3, 0.4) is 0 Å². The minimum Gasteiger partial charge on any atom is -0.396 e. The Kier molecular flexibility index (Phi) is 3.89. The molecule has 0 radical (unpaired) electrons. The highest BCUT2D eigenvalue weighted by Crippen LogP contribution is 2.33. The van der Waals surface area contributed by atoms with E-state index in [4.69, 9.17) is 5.11 Å². The molecule has 1 saturated heterocycles. The Morgan fingerprint density at radius 1 is 1.50 bits per heavy atom.